The summed E-state index contributed by atoms with van der Waals surface area (Å²) < 4.78 is 17.3. The van der Waals surface area contributed by atoms with Gasteiger partial charge in [-0.2, -0.15) is 0 Å². The minimum Gasteiger partial charge on any atom is -0.459 e. The van der Waals surface area contributed by atoms with E-state index in [0.717, 1.165) is 6.07 Å². The second kappa shape index (κ2) is 4.91. The summed E-state index contributed by atoms with van der Waals surface area (Å²) in [4.78, 5) is 20.9. The molecule has 1 aromatic rings. The second-order valence-electron chi connectivity index (χ2n) is 2.60. The standard InChI is InChI=1S/C11H7FO3/c1-15-11(14)5-3-8-2-4-9(7-13)10(12)6-8/h2,4,6-7H,1H3. The number of methoxy groups -OCH3 is 1. The monoisotopic (exact) mass is 206 g/mol. The molecular formula is C11H7FO3. The highest BCUT2D eigenvalue weighted by Gasteiger charge is 2.00. The Bertz CT molecular complexity index is 455. The van der Waals surface area contributed by atoms with E-state index < -0.39 is 11.8 Å². The van der Waals surface area contributed by atoms with Crippen LogP contribution in [0.25, 0.3) is 0 Å². The van der Waals surface area contributed by atoms with Crippen LogP contribution in [0.15, 0.2) is 18.2 Å². The maximum atomic E-state index is 13.0. The van der Waals surface area contributed by atoms with Crippen molar-refractivity contribution < 1.29 is 18.7 Å². The smallest absolute Gasteiger partial charge is 0.384 e. The molecule has 0 radical (unpaired) electrons. The van der Waals surface area contributed by atoms with E-state index in [0.29, 0.717) is 11.8 Å². The Hall–Kier alpha value is -2.15. The number of rotatable bonds is 1. The fourth-order valence-corrected chi connectivity index (χ4v) is 0.875. The van der Waals surface area contributed by atoms with Crippen molar-refractivity contribution in [1.82, 2.24) is 0 Å². The minimum atomic E-state index is -0.699. The molecule has 0 heterocycles. The Morgan fingerprint density at radius 1 is 1.53 bits per heavy atom. The average Bonchev–Trinajstić information content (AvgIpc) is 2.26. The van der Waals surface area contributed by atoms with Crippen molar-refractivity contribution in [3.8, 4) is 11.8 Å². The summed E-state index contributed by atoms with van der Waals surface area (Å²) in [6.07, 6.45) is 0.410. The molecule has 0 aliphatic heterocycles. The molecule has 0 amide bonds. The zero-order valence-electron chi connectivity index (χ0n) is 7.91. The van der Waals surface area contributed by atoms with Gasteiger partial charge in [0, 0.05) is 11.5 Å². The molecule has 0 spiro atoms. The first-order valence-electron chi connectivity index (χ1n) is 4.02. The van der Waals surface area contributed by atoms with Crippen molar-refractivity contribution in [1.29, 1.82) is 0 Å². The minimum absolute atomic E-state index is 0.0429. The number of carbonyl (C=O) groups excluding carboxylic acids is 2. The maximum absolute atomic E-state index is 13.0. The summed E-state index contributed by atoms with van der Waals surface area (Å²) in [6.45, 7) is 0. The Kier molecular flexibility index (Phi) is 3.58. The molecule has 1 aromatic carbocycles. The molecule has 15 heavy (non-hydrogen) atoms. The van der Waals surface area contributed by atoms with Gasteiger partial charge in [0.15, 0.2) is 6.29 Å². The lowest BCUT2D eigenvalue weighted by Gasteiger charge is -1.94. The molecule has 0 unspecified atom stereocenters. The van der Waals surface area contributed by atoms with E-state index in [1.165, 1.54) is 19.2 Å². The SMILES string of the molecule is COC(=O)C#Cc1ccc(C=O)c(F)c1. The van der Waals surface area contributed by atoms with Gasteiger partial charge in [0.25, 0.3) is 0 Å². The first kappa shape index (κ1) is 10.9. The number of carbonyl (C=O) groups is 2. The molecule has 1 rings (SSSR count). The first-order valence-corrected chi connectivity index (χ1v) is 4.02. The van der Waals surface area contributed by atoms with E-state index in [1.54, 1.807) is 0 Å². The van der Waals surface area contributed by atoms with Gasteiger partial charge in [-0.1, -0.05) is 5.92 Å². The highest BCUT2D eigenvalue weighted by atomic mass is 19.1. The summed E-state index contributed by atoms with van der Waals surface area (Å²) >= 11 is 0. The van der Waals surface area contributed by atoms with Gasteiger partial charge in [-0.3, -0.25) is 4.79 Å². The third kappa shape index (κ3) is 2.92. The predicted molar refractivity (Wildman–Crippen MR) is 50.7 cm³/mol. The molecule has 0 fully saturated rings. The number of hydrogen-bond acceptors (Lipinski definition) is 3. The molecule has 0 saturated heterocycles. The van der Waals surface area contributed by atoms with E-state index >= 15 is 0 Å². The first-order chi connectivity index (χ1) is 7.17. The van der Waals surface area contributed by atoms with Crippen LogP contribution in [0.3, 0.4) is 0 Å². The van der Waals surface area contributed by atoms with Crippen molar-refractivity contribution >= 4 is 12.3 Å². The molecule has 0 bridgehead atoms. The van der Waals surface area contributed by atoms with E-state index in [2.05, 4.69) is 16.6 Å². The summed E-state index contributed by atoms with van der Waals surface area (Å²) in [5.41, 5.74) is 0.266. The van der Waals surface area contributed by atoms with Crippen LogP contribution in [-0.2, 0) is 9.53 Å². The molecule has 0 saturated carbocycles. The predicted octanol–water partition coefficient (Wildman–Crippen LogP) is 1.16. The lowest BCUT2D eigenvalue weighted by atomic mass is 10.1. The Morgan fingerprint density at radius 2 is 2.27 bits per heavy atom. The zero-order chi connectivity index (χ0) is 11.3. The van der Waals surface area contributed by atoms with Gasteiger partial charge in [0.1, 0.15) is 5.82 Å². The molecule has 0 atom stereocenters. The van der Waals surface area contributed by atoms with Gasteiger partial charge >= 0.3 is 5.97 Å². The molecule has 76 valence electrons. The Morgan fingerprint density at radius 3 is 2.80 bits per heavy atom. The summed E-state index contributed by atoms with van der Waals surface area (Å²) in [6, 6.07) is 3.83. The summed E-state index contributed by atoms with van der Waals surface area (Å²) in [7, 11) is 1.20. The van der Waals surface area contributed by atoms with Gasteiger partial charge in [0.05, 0.1) is 12.7 Å². The normalized spacial score (nSPS) is 8.67. The largest absolute Gasteiger partial charge is 0.459 e. The van der Waals surface area contributed by atoms with Gasteiger partial charge in [0.2, 0.25) is 0 Å². The maximum Gasteiger partial charge on any atom is 0.384 e. The van der Waals surface area contributed by atoms with E-state index in [-0.39, 0.29) is 5.56 Å². The van der Waals surface area contributed by atoms with Crippen LogP contribution < -0.4 is 0 Å². The summed E-state index contributed by atoms with van der Waals surface area (Å²) in [5.74, 6) is 3.19. The quantitative estimate of drug-likeness (QED) is 0.393. The Balaban J connectivity index is 2.96. The number of benzene rings is 1. The third-order valence-electron chi connectivity index (χ3n) is 1.62. The van der Waals surface area contributed by atoms with Crippen molar-refractivity contribution in [2.24, 2.45) is 0 Å². The van der Waals surface area contributed by atoms with Gasteiger partial charge < -0.3 is 4.74 Å². The molecule has 4 heteroatoms. The summed E-state index contributed by atoms with van der Waals surface area (Å²) in [5, 5.41) is 0. The highest BCUT2D eigenvalue weighted by molar-refractivity contribution is 5.89. The second-order valence-corrected chi connectivity index (χ2v) is 2.60. The van der Waals surface area contributed by atoms with Crippen LogP contribution in [0.1, 0.15) is 15.9 Å². The van der Waals surface area contributed by atoms with Crippen molar-refractivity contribution in [2.45, 2.75) is 0 Å². The Labute approximate surface area is 85.9 Å². The molecule has 0 aromatic heterocycles. The van der Waals surface area contributed by atoms with Crippen molar-refractivity contribution in [3.63, 3.8) is 0 Å². The number of halogens is 1. The lowest BCUT2D eigenvalue weighted by Crippen LogP contribution is -1.95. The van der Waals surface area contributed by atoms with Crippen LogP contribution in [-0.4, -0.2) is 19.4 Å². The van der Waals surface area contributed by atoms with Crippen LogP contribution in [0.2, 0.25) is 0 Å². The molecule has 0 aliphatic carbocycles. The number of hydrogen-bond donors (Lipinski definition) is 0. The third-order valence-corrected chi connectivity index (χ3v) is 1.62. The van der Waals surface area contributed by atoms with Crippen molar-refractivity contribution in [3.05, 3.63) is 35.1 Å². The lowest BCUT2D eigenvalue weighted by molar-refractivity contribution is -0.133. The number of ether oxygens (including phenoxy) is 1. The van der Waals surface area contributed by atoms with E-state index in [9.17, 15) is 14.0 Å². The molecule has 0 N–H and O–H groups in total. The molecular weight excluding hydrogens is 199 g/mol. The average molecular weight is 206 g/mol. The van der Waals surface area contributed by atoms with Crippen LogP contribution >= 0.6 is 0 Å². The zero-order valence-corrected chi connectivity index (χ0v) is 7.91. The van der Waals surface area contributed by atoms with Crippen LogP contribution in [0, 0.1) is 17.7 Å². The fraction of sp³-hybridized carbons (Fsp3) is 0.0909. The van der Waals surface area contributed by atoms with Crippen molar-refractivity contribution in [2.75, 3.05) is 7.11 Å². The van der Waals surface area contributed by atoms with E-state index in [4.69, 9.17) is 0 Å². The highest BCUT2D eigenvalue weighted by Crippen LogP contribution is 2.07. The van der Waals surface area contributed by atoms with Crippen LogP contribution in [0.5, 0.6) is 0 Å². The molecule has 0 aliphatic rings. The topological polar surface area (TPSA) is 43.4 Å². The van der Waals surface area contributed by atoms with Gasteiger partial charge in [-0.05, 0) is 18.2 Å². The number of aldehydes is 1. The van der Waals surface area contributed by atoms with E-state index in [1.807, 2.05) is 0 Å². The van der Waals surface area contributed by atoms with Crippen LogP contribution in [0.4, 0.5) is 4.39 Å². The van der Waals surface area contributed by atoms with Gasteiger partial charge in [-0.15, -0.1) is 0 Å². The number of esters is 1. The molecule has 3 nitrogen and oxygen atoms in total. The fourth-order valence-electron chi connectivity index (χ4n) is 0.875. The van der Waals surface area contributed by atoms with Gasteiger partial charge in [-0.25, -0.2) is 9.18 Å².